The van der Waals surface area contributed by atoms with E-state index in [0.29, 0.717) is 6.04 Å². The maximum Gasteiger partial charge on any atom is 0.416 e. The van der Waals surface area contributed by atoms with Gasteiger partial charge in [-0.2, -0.15) is 13.2 Å². The lowest BCUT2D eigenvalue weighted by atomic mass is 9.99. The van der Waals surface area contributed by atoms with Crippen LogP contribution < -0.4 is 0 Å². The van der Waals surface area contributed by atoms with E-state index in [2.05, 4.69) is 9.80 Å². The van der Waals surface area contributed by atoms with Crippen LogP contribution in [0.2, 0.25) is 0 Å². The van der Waals surface area contributed by atoms with Crippen LogP contribution in [0.1, 0.15) is 43.2 Å². The molecule has 2 heterocycles. The van der Waals surface area contributed by atoms with Crippen molar-refractivity contribution in [2.75, 3.05) is 26.2 Å². The highest BCUT2D eigenvalue weighted by Crippen LogP contribution is 2.29. The van der Waals surface area contributed by atoms with Gasteiger partial charge in [-0.1, -0.05) is 18.6 Å². The van der Waals surface area contributed by atoms with Crippen molar-refractivity contribution in [1.82, 2.24) is 9.80 Å². The van der Waals surface area contributed by atoms with E-state index in [1.54, 1.807) is 12.1 Å². The fourth-order valence-corrected chi connectivity index (χ4v) is 3.78. The Labute approximate surface area is 136 Å². The van der Waals surface area contributed by atoms with E-state index >= 15 is 0 Å². The average molecular weight is 326 g/mol. The minimum atomic E-state index is -4.24. The number of likely N-dealkylation sites (tertiary alicyclic amines) is 2. The predicted octanol–water partition coefficient (Wildman–Crippen LogP) is 4.16. The van der Waals surface area contributed by atoms with Crippen LogP contribution in [0.3, 0.4) is 0 Å². The molecule has 128 valence electrons. The van der Waals surface area contributed by atoms with Gasteiger partial charge in [0.15, 0.2) is 0 Å². The van der Waals surface area contributed by atoms with Gasteiger partial charge >= 0.3 is 6.18 Å². The number of hydrogen-bond donors (Lipinski definition) is 0. The Hall–Kier alpha value is -1.07. The van der Waals surface area contributed by atoms with Gasteiger partial charge in [-0.15, -0.1) is 0 Å². The zero-order valence-corrected chi connectivity index (χ0v) is 13.5. The Kier molecular flexibility index (Phi) is 5.27. The summed E-state index contributed by atoms with van der Waals surface area (Å²) in [4.78, 5) is 5.00. The third kappa shape index (κ3) is 4.48. The van der Waals surface area contributed by atoms with Crippen LogP contribution in [-0.4, -0.2) is 42.0 Å². The third-order valence-electron chi connectivity index (χ3n) is 5.15. The molecule has 0 spiro atoms. The molecule has 2 nitrogen and oxygen atoms in total. The largest absolute Gasteiger partial charge is 0.416 e. The van der Waals surface area contributed by atoms with Gasteiger partial charge in [-0.3, -0.25) is 4.90 Å². The molecule has 5 heteroatoms. The summed E-state index contributed by atoms with van der Waals surface area (Å²) in [6.45, 7) is 5.32. The lowest BCUT2D eigenvalue weighted by molar-refractivity contribution is -0.137. The van der Waals surface area contributed by atoms with Crippen LogP contribution >= 0.6 is 0 Å². The fourth-order valence-electron chi connectivity index (χ4n) is 3.78. The Morgan fingerprint density at radius 3 is 2.04 bits per heavy atom. The lowest BCUT2D eigenvalue weighted by Crippen LogP contribution is -2.46. The maximum absolute atomic E-state index is 12.6. The molecule has 2 fully saturated rings. The van der Waals surface area contributed by atoms with E-state index in [1.165, 1.54) is 57.3 Å². The summed E-state index contributed by atoms with van der Waals surface area (Å²) in [5.74, 6) is 0. The van der Waals surface area contributed by atoms with Gasteiger partial charge in [-0.25, -0.2) is 0 Å². The van der Waals surface area contributed by atoms with Crippen molar-refractivity contribution in [3.05, 3.63) is 35.4 Å². The first-order valence-corrected chi connectivity index (χ1v) is 8.65. The summed E-state index contributed by atoms with van der Waals surface area (Å²) >= 11 is 0. The van der Waals surface area contributed by atoms with Crippen molar-refractivity contribution in [3.63, 3.8) is 0 Å². The van der Waals surface area contributed by atoms with Gasteiger partial charge in [0.1, 0.15) is 0 Å². The Morgan fingerprint density at radius 2 is 1.48 bits per heavy atom. The number of piperidine rings is 2. The molecule has 0 aliphatic carbocycles. The van der Waals surface area contributed by atoms with E-state index in [0.717, 1.165) is 25.2 Å². The van der Waals surface area contributed by atoms with Gasteiger partial charge in [0.25, 0.3) is 0 Å². The van der Waals surface area contributed by atoms with Crippen LogP contribution in [0.25, 0.3) is 0 Å². The molecule has 0 unspecified atom stereocenters. The first-order valence-electron chi connectivity index (χ1n) is 8.65. The molecule has 0 atom stereocenters. The maximum atomic E-state index is 12.6. The molecule has 0 N–H and O–H groups in total. The molecular weight excluding hydrogens is 301 g/mol. The predicted molar refractivity (Wildman–Crippen MR) is 85.2 cm³/mol. The van der Waals surface area contributed by atoms with E-state index in [1.807, 2.05) is 0 Å². The average Bonchev–Trinajstić information content (AvgIpc) is 2.56. The van der Waals surface area contributed by atoms with Crippen molar-refractivity contribution < 1.29 is 13.2 Å². The van der Waals surface area contributed by atoms with Crippen LogP contribution in [0.15, 0.2) is 24.3 Å². The number of benzene rings is 1. The molecule has 0 aromatic heterocycles. The Bertz CT molecular complexity index is 484. The van der Waals surface area contributed by atoms with Crippen molar-refractivity contribution in [1.29, 1.82) is 0 Å². The number of nitrogens with zero attached hydrogens (tertiary/aromatic N) is 2. The van der Waals surface area contributed by atoms with Crippen LogP contribution in [0.4, 0.5) is 13.2 Å². The minimum absolute atomic E-state index is 0.565. The molecule has 0 bridgehead atoms. The smallest absolute Gasteiger partial charge is 0.300 e. The normalized spacial score (nSPS) is 22.4. The van der Waals surface area contributed by atoms with Gasteiger partial charge in [0, 0.05) is 12.6 Å². The molecule has 1 aromatic carbocycles. The van der Waals surface area contributed by atoms with Gasteiger partial charge in [-0.05, 0) is 69.6 Å². The van der Waals surface area contributed by atoms with Crippen LogP contribution in [0, 0.1) is 0 Å². The quantitative estimate of drug-likeness (QED) is 0.823. The second-order valence-corrected chi connectivity index (χ2v) is 6.80. The van der Waals surface area contributed by atoms with E-state index in [4.69, 9.17) is 0 Å². The standard InChI is InChI=1S/C18H25F3N2/c19-18(20,21)16-6-4-15(5-7-16)14-22-12-8-17(9-13-22)23-10-2-1-3-11-23/h4-7,17H,1-3,8-14H2. The molecule has 2 aliphatic heterocycles. The number of hydrogen-bond acceptors (Lipinski definition) is 2. The van der Waals surface area contributed by atoms with E-state index in [9.17, 15) is 13.2 Å². The summed E-state index contributed by atoms with van der Waals surface area (Å²) in [5.41, 5.74) is 0.402. The molecule has 2 saturated heterocycles. The monoisotopic (exact) mass is 326 g/mol. The van der Waals surface area contributed by atoms with Crippen molar-refractivity contribution in [2.45, 2.75) is 50.9 Å². The molecule has 3 rings (SSSR count). The van der Waals surface area contributed by atoms with E-state index < -0.39 is 11.7 Å². The summed E-state index contributed by atoms with van der Waals surface area (Å²) < 4.78 is 37.7. The summed E-state index contributed by atoms with van der Waals surface area (Å²) in [7, 11) is 0. The van der Waals surface area contributed by atoms with Gasteiger partial charge in [0.2, 0.25) is 0 Å². The first kappa shape index (κ1) is 16.8. The second kappa shape index (κ2) is 7.22. The van der Waals surface area contributed by atoms with Crippen LogP contribution in [-0.2, 0) is 12.7 Å². The second-order valence-electron chi connectivity index (χ2n) is 6.80. The first-order chi connectivity index (χ1) is 11.0. The zero-order valence-electron chi connectivity index (χ0n) is 13.5. The van der Waals surface area contributed by atoms with Crippen molar-refractivity contribution in [3.8, 4) is 0 Å². The summed E-state index contributed by atoms with van der Waals surface area (Å²) in [6.07, 6.45) is 2.13. The summed E-state index contributed by atoms with van der Waals surface area (Å²) in [6, 6.07) is 6.31. The fraction of sp³-hybridized carbons (Fsp3) is 0.667. The molecule has 0 radical (unpaired) electrons. The molecule has 2 aliphatic rings. The van der Waals surface area contributed by atoms with E-state index in [-0.39, 0.29) is 0 Å². The molecule has 0 saturated carbocycles. The van der Waals surface area contributed by atoms with Crippen molar-refractivity contribution >= 4 is 0 Å². The number of alkyl halides is 3. The Morgan fingerprint density at radius 1 is 0.870 bits per heavy atom. The summed E-state index contributed by atoms with van der Waals surface area (Å²) in [5, 5.41) is 0. The highest BCUT2D eigenvalue weighted by Gasteiger charge is 2.30. The minimum Gasteiger partial charge on any atom is -0.300 e. The highest BCUT2D eigenvalue weighted by atomic mass is 19.4. The van der Waals surface area contributed by atoms with Crippen LogP contribution in [0.5, 0.6) is 0 Å². The lowest BCUT2D eigenvalue weighted by Gasteiger charge is -2.40. The molecule has 23 heavy (non-hydrogen) atoms. The molecule has 0 amide bonds. The SMILES string of the molecule is FC(F)(F)c1ccc(CN2CCC(N3CCCCC3)CC2)cc1. The van der Waals surface area contributed by atoms with Gasteiger partial charge in [0.05, 0.1) is 5.56 Å². The van der Waals surface area contributed by atoms with Gasteiger partial charge < -0.3 is 4.90 Å². The molecular formula is C18H25F3N2. The topological polar surface area (TPSA) is 6.48 Å². The highest BCUT2D eigenvalue weighted by molar-refractivity contribution is 5.24. The molecule has 1 aromatic rings. The Balaban J connectivity index is 1.48. The third-order valence-corrected chi connectivity index (χ3v) is 5.15. The number of halogens is 3. The zero-order chi connectivity index (χ0) is 16.3. The number of rotatable bonds is 3. The van der Waals surface area contributed by atoms with Crippen molar-refractivity contribution in [2.24, 2.45) is 0 Å².